The van der Waals surface area contributed by atoms with Gasteiger partial charge in [0.25, 0.3) is 0 Å². The van der Waals surface area contributed by atoms with Gasteiger partial charge in [0.1, 0.15) is 4.88 Å². The van der Waals surface area contributed by atoms with Crippen molar-refractivity contribution in [2.24, 2.45) is 0 Å². The number of ether oxygens (including phenoxy) is 2. The summed E-state index contributed by atoms with van der Waals surface area (Å²) in [6, 6.07) is 0. The lowest BCUT2D eigenvalue weighted by atomic mass is 10.3. The van der Waals surface area contributed by atoms with Crippen LogP contribution >= 0.6 is 54.5 Å². The molecule has 8 nitrogen and oxygen atoms in total. The molecule has 0 amide bonds. The second-order valence-electron chi connectivity index (χ2n) is 4.24. The minimum atomic E-state index is -0.618. The number of hydrogen-bond donors (Lipinski definition) is 2. The Kier molecular flexibility index (Phi) is 15.7. The minimum Gasteiger partial charge on any atom is -0.462 e. The number of thiazole rings is 2. The lowest BCUT2D eigenvalue weighted by Crippen LogP contribution is -2.12. The van der Waals surface area contributed by atoms with Crippen LogP contribution in [0.4, 0.5) is 0 Å². The number of halogens is 2. The van der Waals surface area contributed by atoms with Gasteiger partial charge in [-0.25, -0.2) is 19.6 Å². The van der Waals surface area contributed by atoms with E-state index in [0.29, 0.717) is 13.5 Å². The molecule has 0 saturated carbocycles. The molecule has 0 atom stereocenters. The highest BCUT2D eigenvalue weighted by molar-refractivity contribution is 9.11. The summed E-state index contributed by atoms with van der Waals surface area (Å²) in [5.41, 5.74) is 0.552. The molecule has 0 aliphatic carbocycles. The predicted octanol–water partition coefficient (Wildman–Crippen LogP) is 4.42. The van der Waals surface area contributed by atoms with E-state index in [1.807, 2.05) is 0 Å². The highest BCUT2D eigenvalue weighted by atomic mass is 79.9. The van der Waals surface area contributed by atoms with Crippen LogP contribution in [0.1, 0.15) is 59.4 Å². The summed E-state index contributed by atoms with van der Waals surface area (Å²) in [5.74, 6) is -1.18. The van der Waals surface area contributed by atoms with Gasteiger partial charge >= 0.3 is 11.9 Å². The Hall–Kier alpha value is -0.920. The zero-order valence-electron chi connectivity index (χ0n) is 13.8. The number of carbonyl (C=O) groups is 2. The molecule has 0 aliphatic rings. The number of carbonyl (C=O) groups excluding carboxylic acids is 2. The lowest BCUT2D eigenvalue weighted by molar-refractivity contribution is 0.0479. The first kappa shape index (κ1) is 29.3. The summed E-state index contributed by atoms with van der Waals surface area (Å²) in [6.45, 7) is 3.69. The highest BCUT2D eigenvalue weighted by Gasteiger charge is 2.24. The fourth-order valence-electron chi connectivity index (χ4n) is 1.57. The fraction of sp³-hybridized carbons (Fsp3) is 0.500. The number of aliphatic hydroxyl groups excluding tert-OH is 2. The Labute approximate surface area is 189 Å². The van der Waals surface area contributed by atoms with Crippen molar-refractivity contribution < 1.29 is 29.3 Å². The maximum atomic E-state index is 11.5. The molecule has 0 aromatic carbocycles. The van der Waals surface area contributed by atoms with Crippen LogP contribution in [0, 0.1) is 0 Å². The van der Waals surface area contributed by atoms with Crippen molar-refractivity contribution in [1.82, 2.24) is 9.97 Å². The molecule has 0 aliphatic heterocycles. The number of nitrogens with zero attached hydrogens (tertiary/aromatic N) is 2. The lowest BCUT2D eigenvalue weighted by Gasteiger charge is -2.01. The molecule has 0 bridgehead atoms. The molecule has 2 aromatic rings. The molecular formula is C16H24Br2N2O6S2. The summed E-state index contributed by atoms with van der Waals surface area (Å²) in [5, 5.41) is 17.4. The average molecular weight is 564 g/mol. The zero-order valence-corrected chi connectivity index (χ0v) is 18.6. The standard InChI is InChI=1S/C9H10BrNO4S.C5H6BrNO2S.2CH4/c1-3-14-7(12)5-6(8(13)15-4-2)16-9(10)11-5;6-5-7-3(1-8)4(2-9)10-5;;/h3-4H2,1-2H3;8-9H,1-2H2;2*1H4. The number of rotatable bonds is 6. The van der Waals surface area contributed by atoms with Crippen molar-refractivity contribution in [3.8, 4) is 0 Å². The molecule has 0 fully saturated rings. The van der Waals surface area contributed by atoms with Crippen LogP contribution in [0.25, 0.3) is 0 Å². The van der Waals surface area contributed by atoms with Crippen LogP contribution in [0.3, 0.4) is 0 Å². The summed E-state index contributed by atoms with van der Waals surface area (Å²) in [6.07, 6.45) is 0. The molecular weight excluding hydrogens is 540 g/mol. The fourth-order valence-corrected chi connectivity index (χ4v) is 4.35. The molecule has 2 N–H and O–H groups in total. The Balaban J connectivity index is 0. The van der Waals surface area contributed by atoms with Gasteiger partial charge in [-0.3, -0.25) is 0 Å². The highest BCUT2D eigenvalue weighted by Crippen LogP contribution is 2.25. The maximum absolute atomic E-state index is 11.5. The van der Waals surface area contributed by atoms with Crippen LogP contribution in [-0.4, -0.2) is 45.3 Å². The Bertz CT molecular complexity index is 695. The van der Waals surface area contributed by atoms with Gasteiger partial charge < -0.3 is 19.7 Å². The number of aromatic nitrogens is 2. The van der Waals surface area contributed by atoms with Gasteiger partial charge in [-0.1, -0.05) is 26.2 Å². The van der Waals surface area contributed by atoms with Gasteiger partial charge in [0.05, 0.1) is 37.0 Å². The first-order valence-corrected chi connectivity index (χ1v) is 10.5. The van der Waals surface area contributed by atoms with Crippen LogP contribution in [-0.2, 0) is 22.7 Å². The van der Waals surface area contributed by atoms with E-state index in [4.69, 9.17) is 19.7 Å². The molecule has 28 heavy (non-hydrogen) atoms. The van der Waals surface area contributed by atoms with Crippen molar-refractivity contribution in [3.05, 3.63) is 29.0 Å². The van der Waals surface area contributed by atoms with E-state index >= 15 is 0 Å². The molecule has 12 heteroatoms. The molecule has 2 aromatic heterocycles. The van der Waals surface area contributed by atoms with Crippen LogP contribution in [0.15, 0.2) is 7.83 Å². The summed E-state index contributed by atoms with van der Waals surface area (Å²) in [7, 11) is 0. The van der Waals surface area contributed by atoms with Gasteiger partial charge in [-0.05, 0) is 45.7 Å². The smallest absolute Gasteiger partial charge is 0.358 e. The summed E-state index contributed by atoms with van der Waals surface area (Å²) >= 11 is 8.64. The van der Waals surface area contributed by atoms with Crippen molar-refractivity contribution >= 4 is 66.5 Å². The van der Waals surface area contributed by atoms with E-state index in [0.717, 1.165) is 16.2 Å². The van der Waals surface area contributed by atoms with Crippen molar-refractivity contribution in [2.45, 2.75) is 41.9 Å². The number of esters is 2. The quantitative estimate of drug-likeness (QED) is 0.496. The van der Waals surface area contributed by atoms with Crippen LogP contribution in [0.2, 0.25) is 0 Å². The van der Waals surface area contributed by atoms with E-state index in [-0.39, 0.29) is 51.9 Å². The Morgan fingerprint density at radius 1 is 0.929 bits per heavy atom. The van der Waals surface area contributed by atoms with E-state index < -0.39 is 11.9 Å². The molecule has 2 heterocycles. The second kappa shape index (κ2) is 15.0. The third kappa shape index (κ3) is 8.62. The van der Waals surface area contributed by atoms with Crippen LogP contribution < -0.4 is 0 Å². The first-order valence-electron chi connectivity index (χ1n) is 7.24. The Morgan fingerprint density at radius 3 is 1.93 bits per heavy atom. The van der Waals surface area contributed by atoms with Gasteiger partial charge in [0.2, 0.25) is 0 Å². The Morgan fingerprint density at radius 2 is 1.46 bits per heavy atom. The van der Waals surface area contributed by atoms with Gasteiger partial charge in [-0.15, -0.1) is 11.3 Å². The van der Waals surface area contributed by atoms with Crippen LogP contribution in [0.5, 0.6) is 0 Å². The normalized spacial score (nSPS) is 9.36. The monoisotopic (exact) mass is 562 g/mol. The molecule has 2 rings (SSSR count). The van der Waals surface area contributed by atoms with E-state index in [2.05, 4.69) is 41.8 Å². The topological polar surface area (TPSA) is 119 Å². The number of hydrogen-bond acceptors (Lipinski definition) is 10. The first-order chi connectivity index (χ1) is 12.4. The molecule has 0 radical (unpaired) electrons. The molecule has 0 saturated heterocycles. The third-order valence-electron chi connectivity index (χ3n) is 2.58. The average Bonchev–Trinajstić information content (AvgIpc) is 3.18. The third-order valence-corrected chi connectivity index (χ3v) is 5.60. The second-order valence-corrected chi connectivity index (χ2v) is 8.87. The maximum Gasteiger partial charge on any atom is 0.358 e. The van der Waals surface area contributed by atoms with Crippen molar-refractivity contribution in [2.75, 3.05) is 13.2 Å². The van der Waals surface area contributed by atoms with Gasteiger partial charge in [-0.2, -0.15) is 0 Å². The summed E-state index contributed by atoms with van der Waals surface area (Å²) in [4.78, 5) is 31.7. The molecule has 0 unspecified atom stereocenters. The van der Waals surface area contributed by atoms with Crippen molar-refractivity contribution in [3.63, 3.8) is 0 Å². The molecule has 160 valence electrons. The minimum absolute atomic E-state index is 0. The molecule has 0 spiro atoms. The van der Waals surface area contributed by atoms with Gasteiger partial charge in [0, 0.05) is 0 Å². The van der Waals surface area contributed by atoms with E-state index in [1.54, 1.807) is 13.8 Å². The van der Waals surface area contributed by atoms with E-state index in [1.165, 1.54) is 11.3 Å². The predicted molar refractivity (Wildman–Crippen MR) is 117 cm³/mol. The summed E-state index contributed by atoms with van der Waals surface area (Å²) < 4.78 is 10.7. The largest absolute Gasteiger partial charge is 0.462 e. The SMILES string of the molecule is C.C.CCOC(=O)c1nc(Br)sc1C(=O)OCC.OCc1nc(Br)sc1CO. The van der Waals surface area contributed by atoms with Crippen molar-refractivity contribution in [1.29, 1.82) is 0 Å². The van der Waals surface area contributed by atoms with E-state index in [9.17, 15) is 9.59 Å². The number of aliphatic hydroxyl groups is 2. The van der Waals surface area contributed by atoms with Gasteiger partial charge in [0.15, 0.2) is 13.5 Å². The zero-order chi connectivity index (χ0) is 19.7.